The molecule has 134 valence electrons. The molecule has 2 heterocycles. The topological polar surface area (TPSA) is 46.6 Å². The standard InChI is InChI=1S/C21H20ClNO3/c1-14-4-2-3-5-16(14)20(25)23-10-8-21(9-11-23)13-18(24)17-12-15(22)6-7-19(17)26-21/h2-7,12H,8-11,13H2,1H3. The number of hydrogen-bond donors (Lipinski definition) is 0. The number of aryl methyl sites for hydroxylation is 1. The molecule has 0 radical (unpaired) electrons. The Morgan fingerprint density at radius 2 is 1.88 bits per heavy atom. The van der Waals surface area contributed by atoms with Crippen LogP contribution in [0.4, 0.5) is 0 Å². The molecule has 4 rings (SSSR count). The normalized spacial score (nSPS) is 18.4. The van der Waals surface area contributed by atoms with Crippen molar-refractivity contribution >= 4 is 23.3 Å². The Kier molecular flexibility index (Phi) is 4.23. The molecule has 0 aromatic heterocycles. The number of ketones is 1. The number of nitrogens with zero attached hydrogens (tertiary/aromatic N) is 1. The van der Waals surface area contributed by atoms with E-state index in [1.165, 1.54) is 0 Å². The maximum Gasteiger partial charge on any atom is 0.254 e. The molecule has 2 aromatic carbocycles. The van der Waals surface area contributed by atoms with Gasteiger partial charge in [0.05, 0.1) is 12.0 Å². The molecule has 0 atom stereocenters. The van der Waals surface area contributed by atoms with Crippen LogP contribution in [0, 0.1) is 6.92 Å². The van der Waals surface area contributed by atoms with Crippen LogP contribution < -0.4 is 4.74 Å². The fourth-order valence-corrected chi connectivity index (χ4v) is 4.02. The van der Waals surface area contributed by atoms with Crippen LogP contribution in [-0.2, 0) is 0 Å². The minimum atomic E-state index is -0.513. The Hall–Kier alpha value is -2.33. The van der Waals surface area contributed by atoms with Crippen LogP contribution >= 0.6 is 11.6 Å². The summed E-state index contributed by atoms with van der Waals surface area (Å²) in [5.74, 6) is 0.712. The maximum absolute atomic E-state index is 12.8. The monoisotopic (exact) mass is 369 g/mol. The number of benzene rings is 2. The van der Waals surface area contributed by atoms with E-state index < -0.39 is 5.60 Å². The molecule has 2 aliphatic rings. The second-order valence-electron chi connectivity index (χ2n) is 7.13. The summed E-state index contributed by atoms with van der Waals surface area (Å²) in [4.78, 5) is 27.2. The minimum absolute atomic E-state index is 0.0484. The number of piperidine rings is 1. The molecule has 1 saturated heterocycles. The molecule has 0 aliphatic carbocycles. The highest BCUT2D eigenvalue weighted by atomic mass is 35.5. The van der Waals surface area contributed by atoms with E-state index in [4.69, 9.17) is 16.3 Å². The highest BCUT2D eigenvalue weighted by Gasteiger charge is 2.43. The Balaban J connectivity index is 1.50. The predicted octanol–water partition coefficient (Wildman–Crippen LogP) is 4.29. The first-order valence-corrected chi connectivity index (χ1v) is 9.22. The van der Waals surface area contributed by atoms with Gasteiger partial charge in [0.25, 0.3) is 5.91 Å². The highest BCUT2D eigenvalue weighted by molar-refractivity contribution is 6.31. The van der Waals surface area contributed by atoms with Gasteiger partial charge in [-0.15, -0.1) is 0 Å². The van der Waals surface area contributed by atoms with Gasteiger partial charge in [0.2, 0.25) is 0 Å². The Morgan fingerprint density at radius 1 is 1.15 bits per heavy atom. The number of halogens is 1. The predicted molar refractivity (Wildman–Crippen MR) is 100 cm³/mol. The summed E-state index contributed by atoms with van der Waals surface area (Å²) < 4.78 is 6.23. The van der Waals surface area contributed by atoms with E-state index in [2.05, 4.69) is 0 Å². The van der Waals surface area contributed by atoms with Crippen molar-refractivity contribution in [2.24, 2.45) is 0 Å². The van der Waals surface area contributed by atoms with Crippen molar-refractivity contribution in [3.8, 4) is 5.75 Å². The van der Waals surface area contributed by atoms with Gasteiger partial charge in [0, 0.05) is 36.5 Å². The molecule has 0 N–H and O–H groups in total. The van der Waals surface area contributed by atoms with Crippen molar-refractivity contribution in [1.82, 2.24) is 4.90 Å². The van der Waals surface area contributed by atoms with Gasteiger partial charge in [-0.1, -0.05) is 29.8 Å². The second-order valence-corrected chi connectivity index (χ2v) is 7.57. The van der Waals surface area contributed by atoms with Crippen molar-refractivity contribution in [1.29, 1.82) is 0 Å². The summed E-state index contributed by atoms with van der Waals surface area (Å²) in [6.07, 6.45) is 1.64. The van der Waals surface area contributed by atoms with E-state index in [0.717, 1.165) is 11.1 Å². The first-order chi connectivity index (χ1) is 12.5. The smallest absolute Gasteiger partial charge is 0.254 e. The third kappa shape index (κ3) is 2.99. The van der Waals surface area contributed by atoms with E-state index in [-0.39, 0.29) is 11.7 Å². The lowest BCUT2D eigenvalue weighted by molar-refractivity contribution is -0.00571. The SMILES string of the molecule is Cc1ccccc1C(=O)N1CCC2(CC1)CC(=O)c1cc(Cl)ccc1O2. The zero-order valence-corrected chi connectivity index (χ0v) is 15.4. The van der Waals surface area contributed by atoms with E-state index in [1.54, 1.807) is 18.2 Å². The molecule has 4 nitrogen and oxygen atoms in total. The van der Waals surface area contributed by atoms with Gasteiger partial charge in [-0.05, 0) is 36.8 Å². The van der Waals surface area contributed by atoms with Gasteiger partial charge in [-0.3, -0.25) is 9.59 Å². The third-order valence-corrected chi connectivity index (χ3v) is 5.62. The number of carbonyl (C=O) groups is 2. The van der Waals surface area contributed by atoms with Gasteiger partial charge in [-0.2, -0.15) is 0 Å². The number of likely N-dealkylation sites (tertiary alicyclic amines) is 1. The van der Waals surface area contributed by atoms with Crippen LogP contribution in [-0.4, -0.2) is 35.3 Å². The zero-order valence-electron chi connectivity index (χ0n) is 14.6. The van der Waals surface area contributed by atoms with Crippen molar-refractivity contribution in [2.75, 3.05) is 13.1 Å². The number of amides is 1. The van der Waals surface area contributed by atoms with Gasteiger partial charge in [0.1, 0.15) is 11.4 Å². The number of hydrogen-bond acceptors (Lipinski definition) is 3. The van der Waals surface area contributed by atoms with Crippen molar-refractivity contribution in [3.63, 3.8) is 0 Å². The van der Waals surface area contributed by atoms with Crippen LogP contribution in [0.15, 0.2) is 42.5 Å². The first kappa shape index (κ1) is 17.1. The summed E-state index contributed by atoms with van der Waals surface area (Å²) in [5, 5.41) is 0.537. The van der Waals surface area contributed by atoms with Gasteiger partial charge < -0.3 is 9.64 Å². The van der Waals surface area contributed by atoms with Crippen LogP contribution in [0.1, 0.15) is 45.5 Å². The summed E-state index contributed by atoms with van der Waals surface area (Å²) in [5.41, 5.74) is 1.76. The Morgan fingerprint density at radius 3 is 2.62 bits per heavy atom. The Labute approximate surface area is 157 Å². The average Bonchev–Trinajstić information content (AvgIpc) is 2.63. The molecule has 1 amide bonds. The largest absolute Gasteiger partial charge is 0.486 e. The minimum Gasteiger partial charge on any atom is -0.486 e. The zero-order chi connectivity index (χ0) is 18.3. The maximum atomic E-state index is 12.8. The van der Waals surface area contributed by atoms with Crippen molar-refractivity contribution < 1.29 is 14.3 Å². The molecule has 0 unspecified atom stereocenters. The quantitative estimate of drug-likeness (QED) is 0.753. The second kappa shape index (κ2) is 6.44. The van der Waals surface area contributed by atoms with Crippen LogP contribution in [0.2, 0.25) is 5.02 Å². The average molecular weight is 370 g/mol. The lowest BCUT2D eigenvalue weighted by Crippen LogP contribution is -2.52. The summed E-state index contributed by atoms with van der Waals surface area (Å²) in [6, 6.07) is 12.8. The molecule has 0 bridgehead atoms. The summed E-state index contributed by atoms with van der Waals surface area (Å²) >= 11 is 5.99. The van der Waals surface area contributed by atoms with Crippen LogP contribution in [0.5, 0.6) is 5.75 Å². The molecule has 26 heavy (non-hydrogen) atoms. The van der Waals surface area contributed by atoms with E-state index in [1.807, 2.05) is 36.1 Å². The number of rotatable bonds is 1. The molecular weight excluding hydrogens is 350 g/mol. The molecule has 2 aliphatic heterocycles. The molecular formula is C21H20ClNO3. The lowest BCUT2D eigenvalue weighted by atomic mass is 9.82. The third-order valence-electron chi connectivity index (χ3n) is 5.39. The fourth-order valence-electron chi connectivity index (χ4n) is 3.85. The van der Waals surface area contributed by atoms with Gasteiger partial charge >= 0.3 is 0 Å². The number of ether oxygens (including phenoxy) is 1. The summed E-state index contributed by atoms with van der Waals surface area (Å²) in [7, 11) is 0. The van der Waals surface area contributed by atoms with Crippen LogP contribution in [0.3, 0.4) is 0 Å². The van der Waals surface area contributed by atoms with Crippen molar-refractivity contribution in [2.45, 2.75) is 31.8 Å². The number of Topliss-reactive ketones (excluding diaryl/α,β-unsaturated/α-hetero) is 1. The fraction of sp³-hybridized carbons (Fsp3) is 0.333. The molecule has 1 spiro atoms. The van der Waals surface area contributed by atoms with Crippen molar-refractivity contribution in [3.05, 3.63) is 64.2 Å². The van der Waals surface area contributed by atoms with Crippen LogP contribution in [0.25, 0.3) is 0 Å². The van der Waals surface area contributed by atoms with Gasteiger partial charge in [-0.25, -0.2) is 0 Å². The molecule has 1 fully saturated rings. The van der Waals surface area contributed by atoms with E-state index >= 15 is 0 Å². The lowest BCUT2D eigenvalue weighted by Gasteiger charge is -2.44. The Bertz CT molecular complexity index is 885. The molecule has 2 aromatic rings. The molecule has 5 heteroatoms. The number of carbonyl (C=O) groups excluding carboxylic acids is 2. The van der Waals surface area contributed by atoms with E-state index in [9.17, 15) is 9.59 Å². The van der Waals surface area contributed by atoms with Gasteiger partial charge in [0.15, 0.2) is 5.78 Å². The van der Waals surface area contributed by atoms with E-state index in [0.29, 0.717) is 48.7 Å². The summed E-state index contributed by atoms with van der Waals surface area (Å²) in [6.45, 7) is 3.12. The first-order valence-electron chi connectivity index (χ1n) is 8.84. The number of fused-ring (bicyclic) bond motifs is 1. The molecule has 0 saturated carbocycles. The highest BCUT2D eigenvalue weighted by Crippen LogP contribution is 2.40.